The van der Waals surface area contributed by atoms with Gasteiger partial charge in [-0.1, -0.05) is 131 Å². The number of phenolic OH excluding ortho intramolecular Hbond substituents is 2. The van der Waals surface area contributed by atoms with Gasteiger partial charge >= 0.3 is 7.60 Å². The molecule has 3 N–H and O–H groups in total. The minimum Gasteiger partial charge on any atom is -0.507 e. The van der Waals surface area contributed by atoms with E-state index in [1.807, 2.05) is 91.8 Å². The molecule has 3 rings (SSSR count). The lowest BCUT2D eigenvalue weighted by molar-refractivity contribution is 0.370. The van der Waals surface area contributed by atoms with E-state index in [-0.39, 0.29) is 39.3 Å². The van der Waals surface area contributed by atoms with E-state index in [1.54, 1.807) is 0 Å². The van der Waals surface area contributed by atoms with E-state index in [4.69, 9.17) is 4.52 Å². The third-order valence-electron chi connectivity index (χ3n) is 8.04. The second kappa shape index (κ2) is 11.9. The van der Waals surface area contributed by atoms with Crippen molar-refractivity contribution in [2.24, 2.45) is 0 Å². The van der Waals surface area contributed by atoms with Gasteiger partial charge in [0, 0.05) is 12.0 Å². The average Bonchev–Trinajstić information content (AvgIpc) is 2.80. The van der Waals surface area contributed by atoms with Gasteiger partial charge in [0.25, 0.3) is 0 Å². The summed E-state index contributed by atoms with van der Waals surface area (Å²) in [5, 5.41) is 22.5. The van der Waals surface area contributed by atoms with Crippen molar-refractivity contribution in [3.05, 3.63) is 86.5 Å². The third kappa shape index (κ3) is 8.29. The summed E-state index contributed by atoms with van der Waals surface area (Å²) in [6, 6.07) is 11.7. The van der Waals surface area contributed by atoms with Crippen LogP contribution in [0.25, 0.3) is 0 Å². The normalized spacial score (nSPS) is 14.4. The Labute approximate surface area is 266 Å². The van der Waals surface area contributed by atoms with Crippen molar-refractivity contribution >= 4 is 7.60 Å². The SMILES string of the molecule is Cc1cc(Cc2cc(C)cc(C(C)(C)C)c2OP(=O)(O)Cc2cc(C(C)(C)C)c(O)c(C(C)(C)C)c2)c(O)c(C(C)(C)C)c1. The first-order valence-corrected chi connectivity index (χ1v) is 17.3. The van der Waals surface area contributed by atoms with Gasteiger partial charge in [0.15, 0.2) is 0 Å². The van der Waals surface area contributed by atoms with Crippen molar-refractivity contribution in [3.8, 4) is 17.2 Å². The Bertz CT molecular complexity index is 1550. The number of phenols is 2. The van der Waals surface area contributed by atoms with Crippen molar-refractivity contribution < 1.29 is 24.2 Å². The molecule has 0 amide bonds. The van der Waals surface area contributed by atoms with Gasteiger partial charge in [0.2, 0.25) is 0 Å². The number of benzene rings is 3. The highest BCUT2D eigenvalue weighted by Gasteiger charge is 2.32. The number of aromatic hydroxyl groups is 2. The van der Waals surface area contributed by atoms with Crippen LogP contribution in [0.3, 0.4) is 0 Å². The summed E-state index contributed by atoms with van der Waals surface area (Å²) in [5.41, 5.74) is 5.99. The molecule has 1 atom stereocenters. The zero-order valence-corrected chi connectivity index (χ0v) is 30.4. The predicted molar refractivity (Wildman–Crippen MR) is 184 cm³/mol. The molecule has 0 bridgehead atoms. The molecule has 0 aliphatic carbocycles. The summed E-state index contributed by atoms with van der Waals surface area (Å²) >= 11 is 0. The van der Waals surface area contributed by atoms with Gasteiger partial charge in [0.05, 0.1) is 6.16 Å². The van der Waals surface area contributed by atoms with Crippen LogP contribution < -0.4 is 4.52 Å². The molecule has 6 heteroatoms. The Morgan fingerprint density at radius 2 is 0.977 bits per heavy atom. The highest BCUT2D eigenvalue weighted by Crippen LogP contribution is 2.52. The molecule has 0 aromatic heterocycles. The van der Waals surface area contributed by atoms with Crippen molar-refractivity contribution in [1.82, 2.24) is 0 Å². The topological polar surface area (TPSA) is 87.0 Å². The summed E-state index contributed by atoms with van der Waals surface area (Å²) in [4.78, 5) is 11.5. The van der Waals surface area contributed by atoms with Crippen LogP contribution in [0.5, 0.6) is 17.2 Å². The highest BCUT2D eigenvalue weighted by molar-refractivity contribution is 7.52. The van der Waals surface area contributed by atoms with Crippen LogP contribution >= 0.6 is 7.60 Å². The standard InChI is InChI=1S/C38H55O5P/c1-23-15-26(32(39)28(17-23)35(3,4)5)21-27-16-24(2)18-31(38(12,13)14)34(27)43-44(41,42)22-25-19-29(36(6,7)8)33(40)30(20-25)37(9,10)11/h15-20,39-40H,21-22H2,1-14H3,(H,41,42). The lowest BCUT2D eigenvalue weighted by atomic mass is 9.78. The van der Waals surface area contributed by atoms with E-state index >= 15 is 0 Å². The second-order valence-corrected chi connectivity index (χ2v) is 18.5. The second-order valence-electron chi connectivity index (χ2n) is 16.7. The fourth-order valence-corrected chi connectivity index (χ4v) is 6.95. The molecule has 0 radical (unpaired) electrons. The molecule has 3 aromatic carbocycles. The molecular formula is C38H55O5P. The minimum atomic E-state index is -4.24. The van der Waals surface area contributed by atoms with E-state index in [0.29, 0.717) is 17.7 Å². The van der Waals surface area contributed by atoms with Crippen LogP contribution in [0.4, 0.5) is 0 Å². The predicted octanol–water partition coefficient (Wildman–Crippen LogP) is 10.3. The molecule has 0 fully saturated rings. The van der Waals surface area contributed by atoms with E-state index in [0.717, 1.165) is 44.5 Å². The van der Waals surface area contributed by atoms with Gasteiger partial charge in [-0.2, -0.15) is 0 Å². The van der Waals surface area contributed by atoms with Gasteiger partial charge in [-0.15, -0.1) is 0 Å². The van der Waals surface area contributed by atoms with Crippen LogP contribution in [0.2, 0.25) is 0 Å². The summed E-state index contributed by atoms with van der Waals surface area (Å²) in [7, 11) is -4.24. The van der Waals surface area contributed by atoms with Crippen molar-refractivity contribution in [1.29, 1.82) is 0 Å². The number of hydrogen-bond acceptors (Lipinski definition) is 4. The van der Waals surface area contributed by atoms with E-state index < -0.39 is 7.60 Å². The lowest BCUT2D eigenvalue weighted by Gasteiger charge is -2.29. The van der Waals surface area contributed by atoms with Crippen LogP contribution in [0.15, 0.2) is 36.4 Å². The number of hydrogen-bond donors (Lipinski definition) is 3. The molecule has 242 valence electrons. The summed E-state index contributed by atoms with van der Waals surface area (Å²) in [6.07, 6.45) is 0.137. The molecular weight excluding hydrogens is 567 g/mol. The summed E-state index contributed by atoms with van der Waals surface area (Å²) in [5.74, 6) is 0.859. The Morgan fingerprint density at radius 1 is 0.591 bits per heavy atom. The van der Waals surface area contributed by atoms with Gasteiger partial charge in [-0.05, 0) is 68.9 Å². The first-order valence-electron chi connectivity index (χ1n) is 15.6. The molecule has 0 aliphatic rings. The Hall–Kier alpha value is -2.75. The van der Waals surface area contributed by atoms with Crippen molar-refractivity contribution in [2.75, 3.05) is 0 Å². The molecule has 44 heavy (non-hydrogen) atoms. The Balaban J connectivity index is 2.18. The highest BCUT2D eigenvalue weighted by atomic mass is 31.2. The molecule has 3 aromatic rings. The zero-order chi connectivity index (χ0) is 33.8. The molecule has 0 saturated heterocycles. The molecule has 0 saturated carbocycles. The maximum Gasteiger partial charge on any atom is 0.381 e. The van der Waals surface area contributed by atoms with Gasteiger partial charge in [-0.3, -0.25) is 0 Å². The number of aryl methyl sites for hydroxylation is 2. The minimum absolute atomic E-state index is 0.208. The van der Waals surface area contributed by atoms with Crippen LogP contribution in [0, 0.1) is 13.8 Å². The monoisotopic (exact) mass is 622 g/mol. The van der Waals surface area contributed by atoms with Gasteiger partial charge < -0.3 is 19.6 Å². The molecule has 0 aliphatic heterocycles. The van der Waals surface area contributed by atoms with E-state index in [9.17, 15) is 19.7 Å². The summed E-state index contributed by atoms with van der Waals surface area (Å²) < 4.78 is 20.3. The van der Waals surface area contributed by atoms with Crippen LogP contribution in [0.1, 0.15) is 133 Å². The largest absolute Gasteiger partial charge is 0.507 e. The first-order chi connectivity index (χ1) is 19.7. The molecule has 5 nitrogen and oxygen atoms in total. The average molecular weight is 623 g/mol. The quantitative estimate of drug-likeness (QED) is 0.238. The maximum atomic E-state index is 14.1. The fourth-order valence-electron chi connectivity index (χ4n) is 5.74. The molecule has 0 heterocycles. The molecule has 1 unspecified atom stereocenters. The third-order valence-corrected chi connectivity index (χ3v) is 9.27. The summed E-state index contributed by atoms with van der Waals surface area (Å²) in [6.45, 7) is 28.6. The van der Waals surface area contributed by atoms with Crippen molar-refractivity contribution in [3.63, 3.8) is 0 Å². The molecule has 0 spiro atoms. The Morgan fingerprint density at radius 3 is 1.41 bits per heavy atom. The Kier molecular flexibility index (Phi) is 9.64. The van der Waals surface area contributed by atoms with E-state index in [2.05, 4.69) is 41.5 Å². The van der Waals surface area contributed by atoms with Gasteiger partial charge in [-0.25, -0.2) is 4.57 Å². The maximum absolute atomic E-state index is 14.1. The zero-order valence-electron chi connectivity index (χ0n) is 29.5. The number of rotatable bonds is 6. The van der Waals surface area contributed by atoms with Crippen LogP contribution in [-0.4, -0.2) is 15.1 Å². The fraction of sp³-hybridized carbons (Fsp3) is 0.526. The van der Waals surface area contributed by atoms with Crippen LogP contribution in [-0.2, 0) is 38.8 Å². The van der Waals surface area contributed by atoms with E-state index in [1.165, 1.54) is 0 Å². The first kappa shape index (κ1) is 35.7. The van der Waals surface area contributed by atoms with Gasteiger partial charge in [0.1, 0.15) is 17.2 Å². The smallest absolute Gasteiger partial charge is 0.381 e. The lowest BCUT2D eigenvalue weighted by Crippen LogP contribution is -2.18. The van der Waals surface area contributed by atoms with Crippen molar-refractivity contribution in [2.45, 2.75) is 131 Å².